The first-order valence-electron chi connectivity index (χ1n) is 7.34. The summed E-state index contributed by atoms with van der Waals surface area (Å²) in [6, 6.07) is 0. The molecule has 0 amide bonds. The normalized spacial score (nSPS) is 14.3. The van der Waals surface area contributed by atoms with Gasteiger partial charge in [0.05, 0.1) is 0 Å². The summed E-state index contributed by atoms with van der Waals surface area (Å²) in [6.45, 7) is 12.6. The third-order valence-corrected chi connectivity index (χ3v) is 3.28. The molecular weight excluding hydrogens is 208 g/mol. The molecule has 0 aromatic rings. The van der Waals surface area contributed by atoms with Crippen LogP contribution in [-0.2, 0) is 4.74 Å². The van der Waals surface area contributed by atoms with Gasteiger partial charge in [-0.05, 0) is 30.1 Å². The molecule has 0 N–H and O–H groups in total. The summed E-state index contributed by atoms with van der Waals surface area (Å²) in [7, 11) is 1.81. The van der Waals surface area contributed by atoms with Crippen LogP contribution in [0.5, 0.6) is 0 Å². The molecule has 0 radical (unpaired) electrons. The minimum absolute atomic E-state index is 0.455. The third kappa shape index (κ3) is 12.2. The maximum atomic E-state index is 5.23. The van der Waals surface area contributed by atoms with E-state index in [4.69, 9.17) is 4.74 Å². The fourth-order valence-corrected chi connectivity index (χ4v) is 2.48. The minimum Gasteiger partial charge on any atom is -0.385 e. The van der Waals surface area contributed by atoms with Crippen LogP contribution in [0, 0.1) is 17.3 Å². The molecule has 1 nitrogen and oxygen atoms in total. The number of unbranched alkanes of at least 4 members (excludes halogenated alkanes) is 1. The van der Waals surface area contributed by atoms with E-state index in [0.29, 0.717) is 5.41 Å². The molecule has 0 unspecified atom stereocenters. The summed E-state index contributed by atoms with van der Waals surface area (Å²) in [6.07, 6.45) is 8.11. The van der Waals surface area contributed by atoms with Gasteiger partial charge in [0.25, 0.3) is 0 Å². The second-order valence-electron chi connectivity index (χ2n) is 7.09. The fraction of sp³-hybridized carbons (Fsp3) is 1.00. The summed E-state index contributed by atoms with van der Waals surface area (Å²) in [5.74, 6) is 1.71. The van der Waals surface area contributed by atoms with Crippen LogP contribution in [0.2, 0.25) is 0 Å². The molecule has 0 fully saturated rings. The van der Waals surface area contributed by atoms with Gasteiger partial charge in [-0.1, -0.05) is 60.3 Å². The molecule has 0 spiro atoms. The Morgan fingerprint density at radius 1 is 0.941 bits per heavy atom. The summed E-state index contributed by atoms with van der Waals surface area (Å²) >= 11 is 0. The fourth-order valence-electron chi connectivity index (χ4n) is 2.48. The Labute approximate surface area is 109 Å². The van der Waals surface area contributed by atoms with Gasteiger partial charge in [0.2, 0.25) is 0 Å². The Morgan fingerprint density at radius 2 is 1.53 bits per heavy atom. The van der Waals surface area contributed by atoms with E-state index in [0.717, 1.165) is 18.4 Å². The lowest BCUT2D eigenvalue weighted by atomic mass is 9.81. The van der Waals surface area contributed by atoms with Gasteiger partial charge < -0.3 is 4.74 Å². The van der Waals surface area contributed by atoms with E-state index in [1.54, 1.807) is 0 Å². The largest absolute Gasteiger partial charge is 0.385 e. The molecule has 0 aromatic carbocycles. The van der Waals surface area contributed by atoms with Crippen molar-refractivity contribution in [3.05, 3.63) is 0 Å². The van der Waals surface area contributed by atoms with E-state index in [2.05, 4.69) is 34.6 Å². The molecule has 0 aliphatic carbocycles. The van der Waals surface area contributed by atoms with Crippen LogP contribution in [0.4, 0.5) is 0 Å². The molecule has 0 rings (SSSR count). The van der Waals surface area contributed by atoms with E-state index in [1.165, 1.54) is 38.5 Å². The van der Waals surface area contributed by atoms with Crippen molar-refractivity contribution in [2.24, 2.45) is 17.3 Å². The first kappa shape index (κ1) is 17.0. The van der Waals surface area contributed by atoms with Crippen molar-refractivity contribution in [1.29, 1.82) is 0 Å². The Balaban J connectivity index is 3.85. The van der Waals surface area contributed by atoms with Crippen molar-refractivity contribution in [1.82, 2.24) is 0 Å². The topological polar surface area (TPSA) is 9.23 Å². The lowest BCUT2D eigenvalue weighted by Gasteiger charge is -2.26. The molecule has 0 saturated carbocycles. The zero-order valence-electron chi connectivity index (χ0n) is 13.0. The number of methoxy groups -OCH3 is 1. The van der Waals surface area contributed by atoms with Crippen molar-refractivity contribution in [3.63, 3.8) is 0 Å². The predicted molar refractivity (Wildman–Crippen MR) is 77.4 cm³/mol. The van der Waals surface area contributed by atoms with E-state index in [9.17, 15) is 0 Å². The summed E-state index contributed by atoms with van der Waals surface area (Å²) in [5.41, 5.74) is 0.455. The van der Waals surface area contributed by atoms with Crippen LogP contribution in [0.15, 0.2) is 0 Å². The first-order valence-corrected chi connectivity index (χ1v) is 7.34. The summed E-state index contributed by atoms with van der Waals surface area (Å²) < 4.78 is 5.23. The maximum absolute atomic E-state index is 5.23. The lowest BCUT2D eigenvalue weighted by molar-refractivity contribution is 0.157. The van der Waals surface area contributed by atoms with Crippen LogP contribution >= 0.6 is 0 Å². The highest BCUT2D eigenvalue weighted by molar-refractivity contribution is 4.69. The van der Waals surface area contributed by atoms with Gasteiger partial charge in [0.15, 0.2) is 0 Å². The number of hydrogen-bond donors (Lipinski definition) is 0. The van der Waals surface area contributed by atoms with Crippen molar-refractivity contribution in [2.45, 2.75) is 73.1 Å². The molecule has 0 aromatic heterocycles. The molecule has 0 aliphatic rings. The van der Waals surface area contributed by atoms with E-state index in [-0.39, 0.29) is 0 Å². The maximum Gasteiger partial charge on any atom is 0.0464 e. The average Bonchev–Trinajstić information content (AvgIpc) is 2.18. The molecule has 0 bridgehead atoms. The first-order chi connectivity index (χ1) is 7.85. The molecule has 17 heavy (non-hydrogen) atoms. The quantitative estimate of drug-likeness (QED) is 0.499. The smallest absolute Gasteiger partial charge is 0.0464 e. The Bertz CT molecular complexity index is 167. The van der Waals surface area contributed by atoms with Gasteiger partial charge in [-0.25, -0.2) is 0 Å². The minimum atomic E-state index is 0.455. The molecule has 1 atom stereocenters. The van der Waals surface area contributed by atoms with Crippen LogP contribution < -0.4 is 0 Å². The van der Waals surface area contributed by atoms with Gasteiger partial charge >= 0.3 is 0 Å². The van der Waals surface area contributed by atoms with Gasteiger partial charge in [-0.2, -0.15) is 0 Å². The number of ether oxygens (including phenoxy) is 1. The van der Waals surface area contributed by atoms with Crippen LogP contribution in [0.1, 0.15) is 73.1 Å². The highest BCUT2D eigenvalue weighted by Crippen LogP contribution is 2.29. The van der Waals surface area contributed by atoms with E-state index >= 15 is 0 Å². The molecule has 1 heteroatoms. The molecular formula is C16H34O. The van der Waals surface area contributed by atoms with Gasteiger partial charge in [-0.3, -0.25) is 0 Å². The average molecular weight is 242 g/mol. The Kier molecular flexibility index (Phi) is 8.94. The zero-order chi connectivity index (χ0) is 13.3. The highest BCUT2D eigenvalue weighted by Gasteiger charge is 2.18. The number of hydrogen-bond acceptors (Lipinski definition) is 1. The highest BCUT2D eigenvalue weighted by atomic mass is 16.5. The van der Waals surface area contributed by atoms with Gasteiger partial charge in [0, 0.05) is 13.7 Å². The summed E-state index contributed by atoms with van der Waals surface area (Å²) in [4.78, 5) is 0. The van der Waals surface area contributed by atoms with Crippen LogP contribution in [-0.4, -0.2) is 13.7 Å². The monoisotopic (exact) mass is 242 g/mol. The second-order valence-corrected chi connectivity index (χ2v) is 7.09. The summed E-state index contributed by atoms with van der Waals surface area (Å²) in [5, 5.41) is 0. The predicted octanol–water partition coefficient (Wildman–Crippen LogP) is 5.29. The van der Waals surface area contributed by atoms with Crippen molar-refractivity contribution >= 4 is 0 Å². The third-order valence-electron chi connectivity index (χ3n) is 3.28. The van der Waals surface area contributed by atoms with E-state index in [1.807, 2.05) is 7.11 Å². The molecule has 104 valence electrons. The van der Waals surface area contributed by atoms with Crippen LogP contribution in [0.25, 0.3) is 0 Å². The Hall–Kier alpha value is -0.0400. The van der Waals surface area contributed by atoms with Gasteiger partial charge in [0.1, 0.15) is 0 Å². The van der Waals surface area contributed by atoms with Crippen LogP contribution in [0.3, 0.4) is 0 Å². The van der Waals surface area contributed by atoms with E-state index < -0.39 is 0 Å². The van der Waals surface area contributed by atoms with Crippen molar-refractivity contribution in [3.8, 4) is 0 Å². The standard InChI is InChI=1S/C16H34O/c1-14(2)9-7-8-10-15(11-12-17-6)13-16(3,4)5/h14-15H,7-13H2,1-6H3/t15-/m1/s1. The zero-order valence-corrected chi connectivity index (χ0v) is 13.0. The van der Waals surface area contributed by atoms with Gasteiger partial charge in [-0.15, -0.1) is 0 Å². The molecule has 0 aliphatic heterocycles. The lowest BCUT2D eigenvalue weighted by Crippen LogP contribution is -2.15. The number of rotatable bonds is 9. The van der Waals surface area contributed by atoms with Crippen molar-refractivity contribution in [2.75, 3.05) is 13.7 Å². The second kappa shape index (κ2) is 8.97. The van der Waals surface area contributed by atoms with Crippen molar-refractivity contribution < 1.29 is 4.74 Å². The SMILES string of the molecule is COCC[C@@H](CCCCC(C)C)CC(C)(C)C. The molecule has 0 saturated heterocycles. The molecule has 0 heterocycles. The Morgan fingerprint density at radius 3 is 2.00 bits per heavy atom.